The van der Waals surface area contributed by atoms with Crippen molar-refractivity contribution < 1.29 is 38.5 Å². The van der Waals surface area contributed by atoms with Crippen LogP contribution in [-0.4, -0.2) is 94.6 Å². The van der Waals surface area contributed by atoms with Gasteiger partial charge in [-0.05, 0) is 103 Å². The smallest absolute Gasteiger partial charge is 0.336 e. The third-order valence-electron chi connectivity index (χ3n) is 11.0. The molecule has 0 unspecified atom stereocenters. The van der Waals surface area contributed by atoms with Gasteiger partial charge in [0, 0.05) is 95.1 Å². The molecule has 1 saturated heterocycles. The minimum atomic E-state index is -1.20. The molecule has 2 aliphatic heterocycles. The first-order chi connectivity index (χ1) is 28.9. The van der Waals surface area contributed by atoms with Gasteiger partial charge in [0.25, 0.3) is 11.8 Å². The fourth-order valence-electron chi connectivity index (χ4n) is 7.95. The summed E-state index contributed by atoms with van der Waals surface area (Å²) < 4.78 is 13.0. The number of ether oxygens (including phenoxy) is 1. The molecule has 0 bridgehead atoms. The highest BCUT2D eigenvalue weighted by atomic mass is 35.5. The van der Waals surface area contributed by atoms with Crippen LogP contribution in [-0.2, 0) is 11.2 Å². The Balaban J connectivity index is 0.939. The Hall–Kier alpha value is -6.96. The molecule has 2 amide bonds. The SMILES string of the molecule is COc1ccc2c(c1)c(CC(=O)NCCN1CCN(C(=O)c3ccc(C(=O)O)c(-c4c5ccc(=O)cc-5oc5cc(O)ccc45)c3)CC1)c(C)n2C(=O)c1ccc(Cl)cc1. The van der Waals surface area contributed by atoms with E-state index < -0.39 is 5.97 Å². The molecule has 60 heavy (non-hydrogen) atoms. The Morgan fingerprint density at radius 3 is 2.30 bits per heavy atom. The molecule has 1 fully saturated rings. The molecule has 5 aromatic rings. The number of piperazine rings is 1. The van der Waals surface area contributed by atoms with Crippen molar-refractivity contribution in [1.29, 1.82) is 0 Å². The van der Waals surface area contributed by atoms with Crippen molar-refractivity contribution in [3.8, 4) is 33.9 Å². The molecule has 3 heterocycles. The first kappa shape index (κ1) is 39.8. The van der Waals surface area contributed by atoms with E-state index in [1.807, 2.05) is 19.1 Å². The zero-order valence-corrected chi connectivity index (χ0v) is 33.4. The van der Waals surface area contributed by atoms with Gasteiger partial charge < -0.3 is 29.6 Å². The van der Waals surface area contributed by atoms with Gasteiger partial charge in [0.05, 0.1) is 24.6 Å². The van der Waals surface area contributed by atoms with Crippen LogP contribution in [0.15, 0.2) is 106 Å². The number of halogens is 1. The largest absolute Gasteiger partial charge is 0.508 e. The lowest BCUT2D eigenvalue weighted by atomic mass is 9.89. The minimum Gasteiger partial charge on any atom is -0.508 e. The number of amides is 2. The number of carbonyl (C=O) groups excluding carboxylic acids is 3. The van der Waals surface area contributed by atoms with E-state index in [0.717, 1.165) is 10.9 Å². The Morgan fingerprint density at radius 1 is 0.817 bits per heavy atom. The molecule has 3 aliphatic rings. The highest BCUT2D eigenvalue weighted by Gasteiger charge is 2.27. The van der Waals surface area contributed by atoms with Crippen molar-refractivity contribution >= 4 is 57.2 Å². The molecule has 1 aliphatic carbocycles. The van der Waals surface area contributed by atoms with Gasteiger partial charge >= 0.3 is 5.97 Å². The maximum absolute atomic E-state index is 13.9. The van der Waals surface area contributed by atoms with Crippen molar-refractivity contribution in [2.75, 3.05) is 46.4 Å². The zero-order valence-electron chi connectivity index (χ0n) is 32.7. The number of hydrogen-bond acceptors (Lipinski definition) is 9. The molecule has 0 radical (unpaired) electrons. The quantitative estimate of drug-likeness (QED) is 0.126. The van der Waals surface area contributed by atoms with E-state index in [0.29, 0.717) is 88.9 Å². The summed E-state index contributed by atoms with van der Waals surface area (Å²) in [6.07, 6.45) is 0.0484. The van der Waals surface area contributed by atoms with E-state index in [1.54, 1.807) is 65.1 Å². The van der Waals surface area contributed by atoms with E-state index in [9.17, 15) is 34.2 Å². The molecule has 3 N–H and O–H groups in total. The first-order valence-electron chi connectivity index (χ1n) is 19.2. The number of nitrogens with zero attached hydrogens (tertiary/aromatic N) is 3. The number of carbonyl (C=O) groups is 4. The van der Waals surface area contributed by atoms with E-state index in [4.69, 9.17) is 20.8 Å². The summed E-state index contributed by atoms with van der Waals surface area (Å²) in [6.45, 7) is 4.67. The number of phenolic OH excluding ortho intramolecular Hbond substituents is 1. The lowest BCUT2D eigenvalue weighted by molar-refractivity contribution is -0.120. The van der Waals surface area contributed by atoms with Crippen molar-refractivity contribution in [3.05, 3.63) is 140 Å². The van der Waals surface area contributed by atoms with Gasteiger partial charge in [0.15, 0.2) is 5.43 Å². The molecule has 14 heteroatoms. The average Bonchev–Trinajstić information content (AvgIpc) is 3.51. The summed E-state index contributed by atoms with van der Waals surface area (Å²) in [4.78, 5) is 69.6. The van der Waals surface area contributed by atoms with E-state index in [1.165, 1.54) is 36.4 Å². The van der Waals surface area contributed by atoms with E-state index >= 15 is 0 Å². The second-order valence-electron chi connectivity index (χ2n) is 14.6. The standard InChI is InChI=1S/C46H39ClN4O9/c1-26-36(37-24-32(59-2)10-14-39(37)51(26)45(56)27-3-6-29(47)7-4-27)25-42(54)48-15-16-49-17-19-50(20-18-49)44(55)28-5-11-33(46(57)58)38(21-28)43-34-12-8-30(52)22-40(34)60-41-23-31(53)9-13-35(41)43/h3-14,21-24,52H,15-20,25H2,1-2H3,(H,48,54)(H,57,58). The number of carboxylic acid groups (broad SMARTS) is 1. The van der Waals surface area contributed by atoms with Crippen LogP contribution in [0.3, 0.4) is 0 Å². The Kier molecular flexibility index (Phi) is 10.9. The lowest BCUT2D eigenvalue weighted by Crippen LogP contribution is -2.50. The first-order valence-corrected chi connectivity index (χ1v) is 19.6. The van der Waals surface area contributed by atoms with Gasteiger partial charge in [-0.3, -0.25) is 28.6 Å². The highest BCUT2D eigenvalue weighted by molar-refractivity contribution is 6.30. The van der Waals surface area contributed by atoms with Gasteiger partial charge in [-0.25, -0.2) is 4.79 Å². The number of aromatic nitrogens is 1. The number of phenols is 1. The average molecular weight is 827 g/mol. The predicted molar refractivity (Wildman–Crippen MR) is 227 cm³/mol. The minimum absolute atomic E-state index is 0.0430. The molecule has 0 saturated carbocycles. The van der Waals surface area contributed by atoms with Crippen LogP contribution in [0.1, 0.15) is 42.3 Å². The van der Waals surface area contributed by atoms with Crippen molar-refractivity contribution in [2.24, 2.45) is 0 Å². The Bertz CT molecular complexity index is 2870. The number of benzene rings is 5. The second kappa shape index (κ2) is 16.4. The Labute approximate surface area is 348 Å². The topological polar surface area (TPSA) is 172 Å². The summed E-state index contributed by atoms with van der Waals surface area (Å²) >= 11 is 6.06. The number of nitrogens with one attached hydrogen (secondary N) is 1. The second-order valence-corrected chi connectivity index (χ2v) is 15.1. The van der Waals surface area contributed by atoms with E-state index in [2.05, 4.69) is 10.2 Å². The number of fused-ring (bicyclic) bond motifs is 3. The third kappa shape index (κ3) is 7.68. The van der Waals surface area contributed by atoms with Crippen molar-refractivity contribution in [1.82, 2.24) is 19.7 Å². The summed E-state index contributed by atoms with van der Waals surface area (Å²) in [5.74, 6) is -1.16. The van der Waals surface area contributed by atoms with Gasteiger partial charge in [-0.2, -0.15) is 0 Å². The maximum atomic E-state index is 13.9. The van der Waals surface area contributed by atoms with E-state index in [-0.39, 0.29) is 57.8 Å². The van der Waals surface area contributed by atoms with Crippen molar-refractivity contribution in [3.63, 3.8) is 0 Å². The van der Waals surface area contributed by atoms with Crippen LogP contribution in [0.25, 0.3) is 44.3 Å². The summed E-state index contributed by atoms with van der Waals surface area (Å²) in [6, 6.07) is 25.2. The highest BCUT2D eigenvalue weighted by Crippen LogP contribution is 2.42. The number of rotatable bonds is 10. The monoisotopic (exact) mass is 826 g/mol. The zero-order chi connectivity index (χ0) is 42.2. The number of methoxy groups -OCH3 is 1. The third-order valence-corrected chi connectivity index (χ3v) is 11.3. The molecular formula is C46H39ClN4O9. The van der Waals surface area contributed by atoms with Crippen LogP contribution < -0.4 is 15.5 Å². The maximum Gasteiger partial charge on any atom is 0.336 e. The molecule has 8 rings (SSSR count). The van der Waals surface area contributed by atoms with Crippen LogP contribution in [0.2, 0.25) is 5.02 Å². The van der Waals surface area contributed by atoms with Crippen LogP contribution in [0.4, 0.5) is 0 Å². The summed E-state index contributed by atoms with van der Waals surface area (Å²) in [5.41, 5.74) is 3.89. The van der Waals surface area contributed by atoms with Gasteiger partial charge in [-0.1, -0.05) is 11.6 Å². The number of aromatic carboxylic acids is 1. The number of aromatic hydroxyl groups is 1. The molecule has 0 spiro atoms. The van der Waals surface area contributed by atoms with Gasteiger partial charge in [-0.15, -0.1) is 0 Å². The van der Waals surface area contributed by atoms with Crippen LogP contribution >= 0.6 is 11.6 Å². The summed E-state index contributed by atoms with van der Waals surface area (Å²) in [5, 5.41) is 25.2. The van der Waals surface area contributed by atoms with Gasteiger partial charge in [0.1, 0.15) is 22.8 Å². The molecule has 1 aromatic heterocycles. The fraction of sp³-hybridized carbons (Fsp3) is 0.196. The normalized spacial score (nSPS) is 13.2. The Morgan fingerprint density at radius 2 is 1.57 bits per heavy atom. The molecule has 4 aromatic carbocycles. The lowest BCUT2D eigenvalue weighted by Gasteiger charge is -2.35. The molecule has 13 nitrogen and oxygen atoms in total. The van der Waals surface area contributed by atoms with Crippen molar-refractivity contribution in [2.45, 2.75) is 13.3 Å². The summed E-state index contributed by atoms with van der Waals surface area (Å²) in [7, 11) is 1.56. The predicted octanol–water partition coefficient (Wildman–Crippen LogP) is 6.70. The fourth-order valence-corrected chi connectivity index (χ4v) is 8.08. The van der Waals surface area contributed by atoms with Crippen LogP contribution in [0.5, 0.6) is 11.5 Å². The van der Waals surface area contributed by atoms with Gasteiger partial charge in [0.2, 0.25) is 5.91 Å². The molecule has 0 atom stereocenters. The van der Waals surface area contributed by atoms with Crippen LogP contribution in [0, 0.1) is 6.92 Å². The number of hydrogen-bond donors (Lipinski definition) is 3. The number of carboxylic acids is 1. The molecular weight excluding hydrogens is 788 g/mol. The molecule has 304 valence electrons.